The molecule has 150 valence electrons. The van der Waals surface area contributed by atoms with Gasteiger partial charge in [-0.1, -0.05) is 0 Å². The Labute approximate surface area is 172 Å². The van der Waals surface area contributed by atoms with Gasteiger partial charge in [0.25, 0.3) is 11.8 Å². The van der Waals surface area contributed by atoms with Crippen molar-refractivity contribution >= 4 is 33.4 Å². The molecule has 0 N–H and O–H groups in total. The number of hydrogen-bond donors (Lipinski definition) is 0. The number of carbonyl (C=O) groups excluding carboxylic acids is 2. The van der Waals surface area contributed by atoms with E-state index in [9.17, 15) is 9.59 Å². The highest BCUT2D eigenvalue weighted by molar-refractivity contribution is 7.20. The van der Waals surface area contributed by atoms with Gasteiger partial charge in [0.05, 0.1) is 16.8 Å². The number of amides is 2. The van der Waals surface area contributed by atoms with Gasteiger partial charge in [0, 0.05) is 37.5 Å². The van der Waals surface area contributed by atoms with E-state index in [1.807, 2.05) is 18.7 Å². The monoisotopic (exact) mass is 410 g/mol. The average molecular weight is 410 g/mol. The molecule has 2 fully saturated rings. The molecule has 0 aromatic carbocycles. The van der Waals surface area contributed by atoms with E-state index in [0.29, 0.717) is 37.9 Å². The second-order valence-corrected chi connectivity index (χ2v) is 8.74. The molecule has 0 unspecified atom stereocenters. The van der Waals surface area contributed by atoms with Crippen LogP contribution in [0.25, 0.3) is 10.2 Å². The highest BCUT2D eigenvalue weighted by Gasteiger charge is 2.31. The smallest absolute Gasteiger partial charge is 0.289 e. The topological polar surface area (TPSA) is 79.5 Å². The van der Waals surface area contributed by atoms with Gasteiger partial charge >= 0.3 is 0 Å². The van der Waals surface area contributed by atoms with E-state index in [1.54, 1.807) is 17.0 Å². The number of aromatic nitrogens is 2. The summed E-state index contributed by atoms with van der Waals surface area (Å²) in [5.41, 5.74) is 1.92. The van der Waals surface area contributed by atoms with Gasteiger partial charge in [0.1, 0.15) is 10.7 Å². The minimum Gasteiger partial charge on any atom is -0.459 e. The normalized spacial score (nSPS) is 17.2. The van der Waals surface area contributed by atoms with Crippen LogP contribution in [0.4, 0.5) is 0 Å². The van der Waals surface area contributed by atoms with Gasteiger partial charge in [-0.15, -0.1) is 11.3 Å². The molecule has 3 aromatic heterocycles. The van der Waals surface area contributed by atoms with E-state index in [4.69, 9.17) is 9.40 Å². The molecule has 0 bridgehead atoms. The number of aryl methyl sites for hydroxylation is 2. The van der Waals surface area contributed by atoms with Crippen molar-refractivity contribution in [2.75, 3.05) is 26.2 Å². The molecule has 3 aromatic rings. The molecule has 1 saturated carbocycles. The highest BCUT2D eigenvalue weighted by Crippen LogP contribution is 2.40. The van der Waals surface area contributed by atoms with Crippen molar-refractivity contribution in [1.82, 2.24) is 19.8 Å². The molecular weight excluding hydrogens is 388 g/mol. The van der Waals surface area contributed by atoms with Gasteiger partial charge in [-0.25, -0.2) is 9.97 Å². The molecule has 5 rings (SSSR count). The van der Waals surface area contributed by atoms with E-state index in [-0.39, 0.29) is 11.8 Å². The molecule has 7 nitrogen and oxygen atoms in total. The molecule has 0 spiro atoms. The van der Waals surface area contributed by atoms with Crippen molar-refractivity contribution in [2.45, 2.75) is 32.6 Å². The number of piperazine rings is 1. The summed E-state index contributed by atoms with van der Waals surface area (Å²) in [4.78, 5) is 40.3. The Morgan fingerprint density at radius 3 is 2.38 bits per heavy atom. The lowest BCUT2D eigenvalue weighted by molar-refractivity contribution is 0.0520. The zero-order valence-electron chi connectivity index (χ0n) is 16.5. The fourth-order valence-electron chi connectivity index (χ4n) is 3.90. The van der Waals surface area contributed by atoms with E-state index in [0.717, 1.165) is 45.0 Å². The zero-order chi connectivity index (χ0) is 20.1. The standard InChI is InChI=1S/C21H22N4O3S/c1-12-16-13(2)22-18(14-5-6-14)23-19(16)29-17(12)21(27)25-9-7-24(8-10-25)20(26)15-4-3-11-28-15/h3-4,11,14H,5-10H2,1-2H3. The predicted molar refractivity (Wildman–Crippen MR) is 109 cm³/mol. The Hall–Kier alpha value is -2.74. The van der Waals surface area contributed by atoms with Gasteiger partial charge in [0.15, 0.2) is 5.76 Å². The maximum Gasteiger partial charge on any atom is 0.289 e. The van der Waals surface area contributed by atoms with Crippen LogP contribution in [-0.4, -0.2) is 57.8 Å². The van der Waals surface area contributed by atoms with Crippen LogP contribution in [0.15, 0.2) is 22.8 Å². The van der Waals surface area contributed by atoms with Crippen molar-refractivity contribution in [3.05, 3.63) is 46.1 Å². The first kappa shape index (κ1) is 18.3. The highest BCUT2D eigenvalue weighted by atomic mass is 32.1. The van der Waals surface area contributed by atoms with Crippen LogP contribution in [0.3, 0.4) is 0 Å². The number of thiophene rings is 1. The first-order valence-corrected chi connectivity index (χ1v) is 10.7. The van der Waals surface area contributed by atoms with Crippen LogP contribution >= 0.6 is 11.3 Å². The minimum absolute atomic E-state index is 0.0166. The third-order valence-corrected chi connectivity index (χ3v) is 6.88. The van der Waals surface area contributed by atoms with Crippen molar-refractivity contribution in [1.29, 1.82) is 0 Å². The van der Waals surface area contributed by atoms with Crippen molar-refractivity contribution < 1.29 is 14.0 Å². The summed E-state index contributed by atoms with van der Waals surface area (Å²) in [6.07, 6.45) is 3.81. The number of carbonyl (C=O) groups is 2. The summed E-state index contributed by atoms with van der Waals surface area (Å²) in [5.74, 6) is 1.63. The molecule has 0 atom stereocenters. The maximum absolute atomic E-state index is 13.2. The summed E-state index contributed by atoms with van der Waals surface area (Å²) in [7, 11) is 0. The van der Waals surface area contributed by atoms with E-state index in [1.165, 1.54) is 17.6 Å². The summed E-state index contributed by atoms with van der Waals surface area (Å²) in [6.45, 7) is 6.01. The fourth-order valence-corrected chi connectivity index (χ4v) is 5.11. The Morgan fingerprint density at radius 2 is 1.76 bits per heavy atom. The quantitative estimate of drug-likeness (QED) is 0.661. The lowest BCUT2D eigenvalue weighted by Gasteiger charge is -2.34. The minimum atomic E-state index is -0.126. The van der Waals surface area contributed by atoms with Gasteiger partial charge in [-0.05, 0) is 44.4 Å². The molecule has 1 saturated heterocycles. The molecule has 0 radical (unpaired) electrons. The second kappa shape index (κ2) is 6.95. The van der Waals surface area contributed by atoms with Gasteiger partial charge in [-0.2, -0.15) is 0 Å². The van der Waals surface area contributed by atoms with E-state index >= 15 is 0 Å². The Kier molecular flexibility index (Phi) is 4.38. The van der Waals surface area contributed by atoms with Crippen LogP contribution in [-0.2, 0) is 0 Å². The molecule has 1 aliphatic carbocycles. The van der Waals surface area contributed by atoms with Crippen molar-refractivity contribution in [3.63, 3.8) is 0 Å². The Bertz CT molecular complexity index is 1090. The molecule has 4 heterocycles. The maximum atomic E-state index is 13.2. The summed E-state index contributed by atoms with van der Waals surface area (Å²) in [5, 5.41) is 1.01. The zero-order valence-corrected chi connectivity index (χ0v) is 17.3. The van der Waals surface area contributed by atoms with Crippen molar-refractivity contribution in [2.24, 2.45) is 0 Å². The van der Waals surface area contributed by atoms with Crippen LogP contribution in [0.2, 0.25) is 0 Å². The number of rotatable bonds is 3. The van der Waals surface area contributed by atoms with Gasteiger partial charge < -0.3 is 14.2 Å². The number of nitrogens with zero attached hydrogens (tertiary/aromatic N) is 4. The number of hydrogen-bond acceptors (Lipinski definition) is 6. The fraction of sp³-hybridized carbons (Fsp3) is 0.429. The first-order chi connectivity index (χ1) is 14.0. The van der Waals surface area contributed by atoms with Crippen LogP contribution in [0.5, 0.6) is 0 Å². The first-order valence-electron chi connectivity index (χ1n) is 9.92. The van der Waals surface area contributed by atoms with Crippen LogP contribution < -0.4 is 0 Å². The van der Waals surface area contributed by atoms with E-state index in [2.05, 4.69) is 4.98 Å². The summed E-state index contributed by atoms with van der Waals surface area (Å²) in [6, 6.07) is 3.37. The van der Waals surface area contributed by atoms with E-state index < -0.39 is 0 Å². The lowest BCUT2D eigenvalue weighted by atomic mass is 10.1. The third-order valence-electron chi connectivity index (χ3n) is 5.71. The largest absolute Gasteiger partial charge is 0.459 e. The number of fused-ring (bicyclic) bond motifs is 1. The molecule has 2 amide bonds. The van der Waals surface area contributed by atoms with Gasteiger partial charge in [-0.3, -0.25) is 9.59 Å². The molecule has 29 heavy (non-hydrogen) atoms. The van der Waals surface area contributed by atoms with Crippen LogP contribution in [0.1, 0.15) is 56.1 Å². The molecular formula is C21H22N4O3S. The second-order valence-electron chi connectivity index (χ2n) is 7.74. The molecule has 2 aliphatic rings. The SMILES string of the molecule is Cc1nc(C2CC2)nc2sc(C(=O)N3CCN(C(=O)c4ccco4)CC3)c(C)c12. The molecule has 1 aliphatic heterocycles. The van der Waals surface area contributed by atoms with Crippen LogP contribution in [0, 0.1) is 13.8 Å². The lowest BCUT2D eigenvalue weighted by Crippen LogP contribution is -2.50. The van der Waals surface area contributed by atoms with Gasteiger partial charge in [0.2, 0.25) is 0 Å². The average Bonchev–Trinajstić information content (AvgIpc) is 3.33. The summed E-state index contributed by atoms with van der Waals surface area (Å²) >= 11 is 1.47. The van der Waals surface area contributed by atoms with Crippen molar-refractivity contribution in [3.8, 4) is 0 Å². The third kappa shape index (κ3) is 3.21. The number of furan rings is 1. The predicted octanol–water partition coefficient (Wildman–Crippen LogP) is 3.38. The Morgan fingerprint density at radius 1 is 1.07 bits per heavy atom. The Balaban J connectivity index is 1.34. The summed E-state index contributed by atoms with van der Waals surface area (Å²) < 4.78 is 5.20. The molecule has 8 heteroatoms.